The van der Waals surface area contributed by atoms with Gasteiger partial charge in [-0.3, -0.25) is 9.59 Å². The van der Waals surface area contributed by atoms with Gasteiger partial charge < -0.3 is 14.7 Å². The molecule has 2 rings (SSSR count). The van der Waals surface area contributed by atoms with E-state index in [1.54, 1.807) is 0 Å². The van der Waals surface area contributed by atoms with E-state index in [2.05, 4.69) is 0 Å². The maximum Gasteiger partial charge on any atom is 0.416 e. The Morgan fingerprint density at radius 3 is 2.33 bits per heavy atom. The molecule has 1 aliphatic rings. The van der Waals surface area contributed by atoms with Gasteiger partial charge in [-0.05, 0) is 49.3 Å². The smallest absolute Gasteiger partial charge is 0.416 e. The molecule has 0 radical (unpaired) electrons. The molecule has 150 valence electrons. The van der Waals surface area contributed by atoms with Gasteiger partial charge in [0.1, 0.15) is 6.54 Å². The van der Waals surface area contributed by atoms with E-state index < -0.39 is 24.3 Å². The molecule has 5 nitrogen and oxygen atoms in total. The van der Waals surface area contributed by atoms with Gasteiger partial charge in [0, 0.05) is 26.2 Å². The van der Waals surface area contributed by atoms with Crippen LogP contribution in [0.25, 0.3) is 0 Å². The van der Waals surface area contributed by atoms with Crippen LogP contribution in [0.5, 0.6) is 0 Å². The van der Waals surface area contributed by atoms with E-state index in [4.69, 9.17) is 9.84 Å². The zero-order valence-corrected chi connectivity index (χ0v) is 15.0. The van der Waals surface area contributed by atoms with Gasteiger partial charge in [0.2, 0.25) is 5.91 Å². The van der Waals surface area contributed by atoms with Crippen molar-refractivity contribution in [1.29, 1.82) is 0 Å². The van der Waals surface area contributed by atoms with Crippen LogP contribution in [-0.4, -0.2) is 41.6 Å². The van der Waals surface area contributed by atoms with Crippen LogP contribution in [0.1, 0.15) is 43.2 Å². The Labute approximate surface area is 156 Å². The van der Waals surface area contributed by atoms with Crippen LogP contribution >= 0.6 is 0 Å². The quantitative estimate of drug-likeness (QED) is 0.738. The number of carbonyl (C=O) groups is 2. The molecule has 1 saturated heterocycles. The van der Waals surface area contributed by atoms with Crippen molar-refractivity contribution < 1.29 is 32.6 Å². The number of alkyl halides is 3. The summed E-state index contributed by atoms with van der Waals surface area (Å²) in [5.41, 5.74) is -0.319. The number of ether oxygens (including phenoxy) is 1. The molecule has 1 amide bonds. The summed E-state index contributed by atoms with van der Waals surface area (Å²) in [5, 5.41) is 9.03. The van der Waals surface area contributed by atoms with Crippen molar-refractivity contribution in [2.24, 2.45) is 5.92 Å². The lowest BCUT2D eigenvalue weighted by Gasteiger charge is -2.23. The van der Waals surface area contributed by atoms with E-state index in [9.17, 15) is 22.8 Å². The first kappa shape index (κ1) is 21.2. The summed E-state index contributed by atoms with van der Waals surface area (Å²) in [6.45, 7) is 0.965. The molecule has 0 aliphatic carbocycles. The SMILES string of the molecule is O=C(O)CN(Cc1ccc(C(F)(F)F)cc1)C(=O)CCCC1CCOCC1. The van der Waals surface area contributed by atoms with E-state index >= 15 is 0 Å². The number of carbonyl (C=O) groups excluding carboxylic acids is 1. The lowest BCUT2D eigenvalue weighted by atomic mass is 9.94. The van der Waals surface area contributed by atoms with Gasteiger partial charge in [-0.1, -0.05) is 12.1 Å². The molecule has 1 aliphatic heterocycles. The van der Waals surface area contributed by atoms with Gasteiger partial charge >= 0.3 is 12.1 Å². The molecule has 0 unspecified atom stereocenters. The highest BCUT2D eigenvalue weighted by Gasteiger charge is 2.30. The average molecular weight is 387 g/mol. The van der Waals surface area contributed by atoms with Crippen LogP contribution in [0.3, 0.4) is 0 Å². The zero-order chi connectivity index (χ0) is 19.9. The van der Waals surface area contributed by atoms with Crippen LogP contribution in [0, 0.1) is 5.92 Å². The summed E-state index contributed by atoms with van der Waals surface area (Å²) in [6, 6.07) is 4.41. The zero-order valence-electron chi connectivity index (χ0n) is 15.0. The van der Waals surface area contributed by atoms with Gasteiger partial charge in [0.15, 0.2) is 0 Å². The van der Waals surface area contributed by atoms with Crippen molar-refractivity contribution in [3.05, 3.63) is 35.4 Å². The van der Waals surface area contributed by atoms with Crippen molar-refractivity contribution in [3.63, 3.8) is 0 Å². The van der Waals surface area contributed by atoms with E-state index in [-0.39, 0.29) is 18.9 Å². The lowest BCUT2D eigenvalue weighted by molar-refractivity contribution is -0.145. The van der Waals surface area contributed by atoms with Gasteiger partial charge in [0.05, 0.1) is 5.56 Å². The summed E-state index contributed by atoms with van der Waals surface area (Å²) in [6.07, 6.45) is -0.718. The van der Waals surface area contributed by atoms with Gasteiger partial charge in [-0.25, -0.2) is 0 Å². The summed E-state index contributed by atoms with van der Waals surface area (Å²) in [7, 11) is 0. The van der Waals surface area contributed by atoms with E-state index in [0.717, 1.165) is 44.6 Å². The molecular formula is C19H24F3NO4. The predicted octanol–water partition coefficient (Wildman–Crippen LogP) is 3.72. The second-order valence-electron chi connectivity index (χ2n) is 6.79. The average Bonchev–Trinajstić information content (AvgIpc) is 2.61. The molecule has 1 aromatic rings. The second kappa shape index (κ2) is 9.73. The number of rotatable bonds is 8. The van der Waals surface area contributed by atoms with Crippen molar-refractivity contribution in [3.8, 4) is 0 Å². The minimum atomic E-state index is -4.43. The number of carboxylic acids is 1. The molecule has 0 saturated carbocycles. The molecule has 1 aromatic carbocycles. The molecule has 1 N–H and O–H groups in total. The Morgan fingerprint density at radius 2 is 1.78 bits per heavy atom. The minimum Gasteiger partial charge on any atom is -0.480 e. The number of hydrogen-bond donors (Lipinski definition) is 1. The maximum absolute atomic E-state index is 12.6. The summed E-state index contributed by atoms with van der Waals surface area (Å²) < 4.78 is 43.2. The Balaban J connectivity index is 1.91. The largest absolute Gasteiger partial charge is 0.480 e. The Kier molecular flexibility index (Phi) is 7.65. The molecule has 0 aromatic heterocycles. The van der Waals surface area contributed by atoms with Crippen molar-refractivity contribution in [1.82, 2.24) is 4.90 Å². The number of carboxylic acid groups (broad SMARTS) is 1. The normalized spacial score (nSPS) is 15.5. The van der Waals surface area contributed by atoms with Gasteiger partial charge in [-0.15, -0.1) is 0 Å². The standard InChI is InChI=1S/C19H24F3NO4/c20-19(21,22)16-6-4-15(5-7-16)12-23(13-18(25)26)17(24)3-1-2-14-8-10-27-11-9-14/h4-7,14H,1-3,8-13H2,(H,25,26). The number of aliphatic carboxylic acids is 1. The molecular weight excluding hydrogens is 363 g/mol. The van der Waals surface area contributed by atoms with E-state index in [1.807, 2.05) is 0 Å². The second-order valence-corrected chi connectivity index (χ2v) is 6.79. The minimum absolute atomic E-state index is 0.0272. The molecule has 8 heteroatoms. The third kappa shape index (κ3) is 7.21. The maximum atomic E-state index is 12.6. The van der Waals surface area contributed by atoms with Crippen LogP contribution in [0.4, 0.5) is 13.2 Å². The summed E-state index contributed by atoms with van der Waals surface area (Å²) in [4.78, 5) is 24.6. The number of nitrogens with zero attached hydrogens (tertiary/aromatic N) is 1. The van der Waals surface area contributed by atoms with E-state index in [1.165, 1.54) is 17.0 Å². The van der Waals surface area contributed by atoms with Crippen LogP contribution in [0.15, 0.2) is 24.3 Å². The fourth-order valence-corrected chi connectivity index (χ4v) is 3.15. The highest BCUT2D eigenvalue weighted by molar-refractivity contribution is 5.81. The number of hydrogen-bond acceptors (Lipinski definition) is 3. The number of halogens is 3. The molecule has 1 fully saturated rings. The van der Waals surface area contributed by atoms with Crippen molar-refractivity contribution in [2.45, 2.75) is 44.8 Å². The van der Waals surface area contributed by atoms with Gasteiger partial charge in [0.25, 0.3) is 0 Å². The molecule has 27 heavy (non-hydrogen) atoms. The topological polar surface area (TPSA) is 66.8 Å². The van der Waals surface area contributed by atoms with Crippen LogP contribution in [0.2, 0.25) is 0 Å². The molecule has 0 bridgehead atoms. The highest BCUT2D eigenvalue weighted by Crippen LogP contribution is 2.29. The monoisotopic (exact) mass is 387 g/mol. The third-order valence-electron chi connectivity index (χ3n) is 4.68. The Hall–Kier alpha value is -2.09. The number of benzene rings is 1. The van der Waals surface area contributed by atoms with Crippen molar-refractivity contribution in [2.75, 3.05) is 19.8 Å². The first-order valence-corrected chi connectivity index (χ1v) is 8.99. The van der Waals surface area contributed by atoms with Crippen molar-refractivity contribution >= 4 is 11.9 Å². The number of amides is 1. The third-order valence-corrected chi connectivity index (χ3v) is 4.68. The summed E-state index contributed by atoms with van der Waals surface area (Å²) >= 11 is 0. The fourth-order valence-electron chi connectivity index (χ4n) is 3.15. The first-order valence-electron chi connectivity index (χ1n) is 8.99. The van der Waals surface area contributed by atoms with Gasteiger partial charge in [-0.2, -0.15) is 13.2 Å². The Morgan fingerprint density at radius 1 is 1.15 bits per heavy atom. The first-order chi connectivity index (χ1) is 12.8. The predicted molar refractivity (Wildman–Crippen MR) is 91.9 cm³/mol. The Bertz CT molecular complexity index is 625. The highest BCUT2D eigenvalue weighted by atomic mass is 19.4. The molecule has 0 atom stereocenters. The van der Waals surface area contributed by atoms with Crippen LogP contribution < -0.4 is 0 Å². The van der Waals surface area contributed by atoms with E-state index in [0.29, 0.717) is 17.9 Å². The molecule has 0 spiro atoms. The fraction of sp³-hybridized carbons (Fsp3) is 0.579. The molecule has 1 heterocycles. The lowest BCUT2D eigenvalue weighted by Crippen LogP contribution is -2.35. The van der Waals surface area contributed by atoms with Crippen LogP contribution in [-0.2, 0) is 27.0 Å². The summed E-state index contributed by atoms with van der Waals surface area (Å²) in [5.74, 6) is -0.932.